The molecule has 0 amide bonds. The Labute approximate surface area is 276 Å². The van der Waals surface area contributed by atoms with Crippen LogP contribution in [-0.4, -0.2) is 9.97 Å². The Bertz CT molecular complexity index is 2440. The molecular formula is C43H26N2OS. The third-order valence-corrected chi connectivity index (χ3v) is 10.5. The molecule has 1 spiro atoms. The molecule has 1 aliphatic carbocycles. The van der Waals surface area contributed by atoms with Crippen molar-refractivity contribution in [3.05, 3.63) is 179 Å². The van der Waals surface area contributed by atoms with E-state index in [9.17, 15) is 0 Å². The normalized spacial score (nSPS) is 15.5. The van der Waals surface area contributed by atoms with E-state index in [4.69, 9.17) is 14.7 Å². The van der Waals surface area contributed by atoms with Gasteiger partial charge in [0.1, 0.15) is 11.5 Å². The molecule has 0 bridgehead atoms. The molecule has 0 saturated heterocycles. The van der Waals surface area contributed by atoms with Gasteiger partial charge in [0.15, 0.2) is 5.82 Å². The molecule has 220 valence electrons. The number of para-hydroxylation sites is 1. The second-order valence-electron chi connectivity index (χ2n) is 12.1. The average Bonchev–Trinajstić information content (AvgIpc) is 3.74. The van der Waals surface area contributed by atoms with Crippen LogP contribution in [-0.2, 0) is 5.41 Å². The Hall–Kier alpha value is -5.84. The minimum atomic E-state index is -0.521. The summed E-state index contributed by atoms with van der Waals surface area (Å²) >= 11 is 1.79. The fourth-order valence-corrected chi connectivity index (χ4v) is 8.47. The lowest BCUT2D eigenvalue weighted by Crippen LogP contribution is -2.32. The third-order valence-electron chi connectivity index (χ3n) is 9.66. The summed E-state index contributed by atoms with van der Waals surface area (Å²) in [6.45, 7) is 0. The molecule has 0 fully saturated rings. The number of aromatic nitrogens is 2. The molecule has 0 N–H and O–H groups in total. The Kier molecular flexibility index (Phi) is 5.66. The molecule has 6 aromatic carbocycles. The Morgan fingerprint density at radius 3 is 1.89 bits per heavy atom. The van der Waals surface area contributed by atoms with Crippen molar-refractivity contribution in [3.8, 4) is 56.5 Å². The quantitative estimate of drug-likeness (QED) is 0.198. The lowest BCUT2D eigenvalue weighted by molar-refractivity contribution is 0.436. The van der Waals surface area contributed by atoms with E-state index >= 15 is 0 Å². The number of hydrogen-bond donors (Lipinski definition) is 0. The fraction of sp³-hybridized carbons (Fsp3) is 0.0233. The van der Waals surface area contributed by atoms with Crippen molar-refractivity contribution in [1.82, 2.24) is 9.97 Å². The van der Waals surface area contributed by atoms with Crippen LogP contribution in [0.15, 0.2) is 157 Å². The molecule has 1 unspecified atom stereocenters. The van der Waals surface area contributed by atoms with Crippen LogP contribution in [0.25, 0.3) is 55.1 Å². The van der Waals surface area contributed by atoms with Gasteiger partial charge in [0.2, 0.25) is 0 Å². The highest BCUT2D eigenvalue weighted by molar-refractivity contribution is 7.17. The fourth-order valence-electron chi connectivity index (χ4n) is 7.67. The summed E-state index contributed by atoms with van der Waals surface area (Å²) in [5, 5.41) is 3.50. The summed E-state index contributed by atoms with van der Waals surface area (Å²) in [7, 11) is 0. The summed E-state index contributed by atoms with van der Waals surface area (Å²) < 4.78 is 8.11. The largest absolute Gasteiger partial charge is 0.457 e. The van der Waals surface area contributed by atoms with Crippen LogP contribution in [0, 0.1) is 0 Å². The van der Waals surface area contributed by atoms with Crippen molar-refractivity contribution < 1.29 is 4.74 Å². The molecule has 0 saturated carbocycles. The van der Waals surface area contributed by atoms with Crippen molar-refractivity contribution in [2.45, 2.75) is 5.41 Å². The molecule has 8 aromatic rings. The van der Waals surface area contributed by atoms with E-state index in [-0.39, 0.29) is 0 Å². The van der Waals surface area contributed by atoms with Gasteiger partial charge in [0.25, 0.3) is 0 Å². The van der Waals surface area contributed by atoms with Gasteiger partial charge in [0.05, 0.1) is 16.8 Å². The Balaban J connectivity index is 1.23. The first-order valence-electron chi connectivity index (χ1n) is 15.8. The van der Waals surface area contributed by atoms with Crippen molar-refractivity contribution in [2.24, 2.45) is 0 Å². The number of hydrogen-bond acceptors (Lipinski definition) is 4. The molecule has 2 aromatic heterocycles. The van der Waals surface area contributed by atoms with Gasteiger partial charge in [0, 0.05) is 37.9 Å². The zero-order chi connectivity index (χ0) is 31.0. The maximum Gasteiger partial charge on any atom is 0.160 e. The molecule has 3 heterocycles. The molecule has 47 heavy (non-hydrogen) atoms. The van der Waals surface area contributed by atoms with Crippen LogP contribution >= 0.6 is 11.3 Å². The lowest BCUT2D eigenvalue weighted by Gasteiger charge is -2.39. The Morgan fingerprint density at radius 2 is 1.13 bits per heavy atom. The number of benzene rings is 6. The first-order chi connectivity index (χ1) is 23.3. The molecule has 4 heteroatoms. The molecule has 2 aliphatic rings. The van der Waals surface area contributed by atoms with Crippen molar-refractivity contribution in [1.29, 1.82) is 0 Å². The first-order valence-corrected chi connectivity index (χ1v) is 16.7. The van der Waals surface area contributed by atoms with E-state index < -0.39 is 5.41 Å². The smallest absolute Gasteiger partial charge is 0.160 e. The molecule has 0 radical (unpaired) electrons. The van der Waals surface area contributed by atoms with Crippen LogP contribution in [0.3, 0.4) is 0 Å². The van der Waals surface area contributed by atoms with Gasteiger partial charge in [-0.15, -0.1) is 11.3 Å². The minimum Gasteiger partial charge on any atom is -0.457 e. The minimum absolute atomic E-state index is 0.521. The average molecular weight is 619 g/mol. The molecular weight excluding hydrogens is 593 g/mol. The second-order valence-corrected chi connectivity index (χ2v) is 13.1. The first kappa shape index (κ1) is 26.4. The van der Waals surface area contributed by atoms with Crippen molar-refractivity contribution >= 4 is 21.4 Å². The molecule has 10 rings (SSSR count). The van der Waals surface area contributed by atoms with Gasteiger partial charge in [-0.3, -0.25) is 0 Å². The van der Waals surface area contributed by atoms with Gasteiger partial charge in [-0.25, -0.2) is 9.97 Å². The van der Waals surface area contributed by atoms with Gasteiger partial charge in [-0.1, -0.05) is 121 Å². The Morgan fingerprint density at radius 1 is 0.489 bits per heavy atom. The van der Waals surface area contributed by atoms with Crippen molar-refractivity contribution in [2.75, 3.05) is 0 Å². The summed E-state index contributed by atoms with van der Waals surface area (Å²) in [5.74, 6) is 2.36. The summed E-state index contributed by atoms with van der Waals surface area (Å²) in [6.07, 6.45) is 0. The highest BCUT2D eigenvalue weighted by Crippen LogP contribution is 2.63. The van der Waals surface area contributed by atoms with Gasteiger partial charge >= 0.3 is 0 Å². The molecule has 3 nitrogen and oxygen atoms in total. The SMILES string of the molecule is c1ccc(-c2cc(-c3ccccc3)nc(-c3ccc4c(c3)Oc3ccccc3C43c4ccccc4-c4c3ccc3sccc43)n2)cc1. The van der Waals surface area contributed by atoms with Gasteiger partial charge in [-0.2, -0.15) is 0 Å². The topological polar surface area (TPSA) is 35.0 Å². The molecule has 1 aliphatic heterocycles. The van der Waals surface area contributed by atoms with Gasteiger partial charge in [-0.05, 0) is 58.0 Å². The summed E-state index contributed by atoms with van der Waals surface area (Å²) in [5.41, 5.74) is 11.7. The summed E-state index contributed by atoms with van der Waals surface area (Å²) in [6, 6.07) is 53.5. The van der Waals surface area contributed by atoms with E-state index in [1.807, 2.05) is 36.4 Å². The van der Waals surface area contributed by atoms with Crippen LogP contribution in [0.4, 0.5) is 0 Å². The van der Waals surface area contributed by atoms with E-state index in [0.717, 1.165) is 50.7 Å². The maximum absolute atomic E-state index is 6.81. The highest BCUT2D eigenvalue weighted by atomic mass is 32.1. The highest BCUT2D eigenvalue weighted by Gasteiger charge is 2.51. The lowest BCUT2D eigenvalue weighted by atomic mass is 9.66. The number of thiophene rings is 1. The van der Waals surface area contributed by atoms with E-state index in [1.54, 1.807) is 11.3 Å². The van der Waals surface area contributed by atoms with E-state index in [2.05, 4.69) is 121 Å². The number of ether oxygens (including phenoxy) is 1. The van der Waals surface area contributed by atoms with E-state index in [1.165, 1.54) is 32.3 Å². The van der Waals surface area contributed by atoms with Crippen LogP contribution < -0.4 is 4.74 Å². The standard InChI is InChI=1S/C43H26N2OS/c1-3-11-27(12-4-1)36-26-37(28-13-5-2-6-14-28)45-42(44-36)29-19-20-34-39(25-29)46-38-18-10-9-17-33(38)43(34)32-16-8-7-15-30(32)41-31-23-24-47-40(31)22-21-35(41)43/h1-26H. The number of nitrogens with zero attached hydrogens (tertiary/aromatic N) is 2. The number of fused-ring (bicyclic) bond motifs is 11. The predicted octanol–water partition coefficient (Wildman–Crippen LogP) is 11.2. The van der Waals surface area contributed by atoms with Crippen molar-refractivity contribution in [3.63, 3.8) is 0 Å². The predicted molar refractivity (Wildman–Crippen MR) is 191 cm³/mol. The zero-order valence-corrected chi connectivity index (χ0v) is 26.0. The van der Waals surface area contributed by atoms with Crippen LogP contribution in [0.2, 0.25) is 0 Å². The maximum atomic E-state index is 6.81. The second kappa shape index (κ2) is 10.1. The third kappa shape index (κ3) is 3.79. The van der Waals surface area contributed by atoms with Crippen LogP contribution in [0.5, 0.6) is 11.5 Å². The van der Waals surface area contributed by atoms with Crippen LogP contribution in [0.1, 0.15) is 22.3 Å². The van der Waals surface area contributed by atoms with E-state index in [0.29, 0.717) is 5.82 Å². The molecule has 1 atom stereocenters. The summed E-state index contributed by atoms with van der Waals surface area (Å²) in [4.78, 5) is 10.2. The monoisotopic (exact) mass is 618 g/mol. The number of rotatable bonds is 3. The van der Waals surface area contributed by atoms with Gasteiger partial charge < -0.3 is 4.74 Å². The zero-order valence-electron chi connectivity index (χ0n) is 25.2.